The molecular formula is C17H24N4. The summed E-state index contributed by atoms with van der Waals surface area (Å²) < 4.78 is 0. The molecule has 0 radical (unpaired) electrons. The minimum absolute atomic E-state index is 0.529. The highest BCUT2D eigenvalue weighted by Gasteiger charge is 2.22. The molecule has 1 fully saturated rings. The van der Waals surface area contributed by atoms with Gasteiger partial charge in [-0.25, -0.2) is 0 Å². The van der Waals surface area contributed by atoms with E-state index in [1.807, 2.05) is 12.3 Å². The quantitative estimate of drug-likeness (QED) is 0.934. The number of fused-ring (bicyclic) bond motifs is 1. The number of anilines is 1. The topological polar surface area (TPSA) is 45.4 Å². The summed E-state index contributed by atoms with van der Waals surface area (Å²) in [7, 11) is 0. The molecule has 1 aromatic carbocycles. The second kappa shape index (κ2) is 6.41. The Kier molecular flexibility index (Phi) is 4.36. The number of nitrogens with two attached hydrogens (primary N) is 1. The third-order valence-electron chi connectivity index (χ3n) is 4.54. The lowest BCUT2D eigenvalue weighted by Gasteiger charge is -2.40. The van der Waals surface area contributed by atoms with Crippen LogP contribution in [0, 0.1) is 0 Å². The third-order valence-corrected chi connectivity index (χ3v) is 4.54. The van der Waals surface area contributed by atoms with Gasteiger partial charge in [-0.1, -0.05) is 25.1 Å². The first-order valence-corrected chi connectivity index (χ1v) is 7.86. The Labute approximate surface area is 126 Å². The first-order valence-electron chi connectivity index (χ1n) is 7.86. The van der Waals surface area contributed by atoms with E-state index in [9.17, 15) is 0 Å². The van der Waals surface area contributed by atoms with Crippen molar-refractivity contribution in [2.75, 3.05) is 37.6 Å². The zero-order valence-electron chi connectivity index (χ0n) is 12.7. The Morgan fingerprint density at radius 2 is 1.90 bits per heavy atom. The van der Waals surface area contributed by atoms with Gasteiger partial charge in [0.2, 0.25) is 0 Å². The SMILES string of the molecule is CCC(CN)N1CCN(c2ccnc3ccccc23)CC1. The molecule has 0 amide bonds. The molecule has 2 N–H and O–H groups in total. The molecule has 0 spiro atoms. The number of aromatic nitrogens is 1. The second-order valence-electron chi connectivity index (χ2n) is 5.67. The smallest absolute Gasteiger partial charge is 0.0722 e. The molecule has 2 heterocycles. The van der Waals surface area contributed by atoms with Crippen molar-refractivity contribution >= 4 is 16.6 Å². The number of piperazine rings is 1. The zero-order chi connectivity index (χ0) is 14.7. The van der Waals surface area contributed by atoms with E-state index in [2.05, 4.69) is 46.0 Å². The van der Waals surface area contributed by atoms with Crippen molar-refractivity contribution in [2.24, 2.45) is 5.73 Å². The number of pyridine rings is 1. The molecule has 1 aliphatic heterocycles. The molecule has 3 rings (SSSR count). The molecule has 21 heavy (non-hydrogen) atoms. The number of para-hydroxylation sites is 1. The van der Waals surface area contributed by atoms with Crippen molar-refractivity contribution in [1.29, 1.82) is 0 Å². The van der Waals surface area contributed by atoms with E-state index < -0.39 is 0 Å². The van der Waals surface area contributed by atoms with Gasteiger partial charge in [0.25, 0.3) is 0 Å². The van der Waals surface area contributed by atoms with Crippen LogP contribution >= 0.6 is 0 Å². The Morgan fingerprint density at radius 1 is 1.14 bits per heavy atom. The molecule has 1 saturated heterocycles. The van der Waals surface area contributed by atoms with E-state index >= 15 is 0 Å². The summed E-state index contributed by atoms with van der Waals surface area (Å²) >= 11 is 0. The van der Waals surface area contributed by atoms with Gasteiger partial charge in [0, 0.05) is 56.0 Å². The van der Waals surface area contributed by atoms with Gasteiger partial charge in [0.15, 0.2) is 0 Å². The monoisotopic (exact) mass is 284 g/mol. The van der Waals surface area contributed by atoms with E-state index in [1.165, 1.54) is 11.1 Å². The van der Waals surface area contributed by atoms with Crippen LogP contribution in [0.3, 0.4) is 0 Å². The largest absolute Gasteiger partial charge is 0.368 e. The van der Waals surface area contributed by atoms with Crippen LogP contribution in [-0.4, -0.2) is 48.6 Å². The van der Waals surface area contributed by atoms with Gasteiger partial charge in [0.1, 0.15) is 0 Å². The maximum atomic E-state index is 5.87. The highest BCUT2D eigenvalue weighted by Crippen LogP contribution is 2.26. The fourth-order valence-electron chi connectivity index (χ4n) is 3.26. The van der Waals surface area contributed by atoms with Crippen LogP contribution < -0.4 is 10.6 Å². The molecule has 0 saturated carbocycles. The van der Waals surface area contributed by atoms with Crippen LogP contribution in [0.25, 0.3) is 10.9 Å². The van der Waals surface area contributed by atoms with Crippen molar-refractivity contribution in [3.63, 3.8) is 0 Å². The number of hydrogen-bond donors (Lipinski definition) is 1. The first-order chi connectivity index (χ1) is 10.3. The molecule has 2 aromatic rings. The molecule has 1 aromatic heterocycles. The van der Waals surface area contributed by atoms with E-state index in [-0.39, 0.29) is 0 Å². The number of benzene rings is 1. The Hall–Kier alpha value is -1.65. The molecule has 0 aliphatic carbocycles. The number of hydrogen-bond acceptors (Lipinski definition) is 4. The van der Waals surface area contributed by atoms with Gasteiger partial charge in [-0.15, -0.1) is 0 Å². The molecule has 1 unspecified atom stereocenters. The van der Waals surface area contributed by atoms with Crippen molar-refractivity contribution in [3.8, 4) is 0 Å². The van der Waals surface area contributed by atoms with E-state index in [0.29, 0.717) is 6.04 Å². The fourth-order valence-corrected chi connectivity index (χ4v) is 3.26. The number of nitrogens with zero attached hydrogens (tertiary/aromatic N) is 3. The maximum Gasteiger partial charge on any atom is 0.0722 e. The van der Waals surface area contributed by atoms with Gasteiger partial charge >= 0.3 is 0 Å². The van der Waals surface area contributed by atoms with Crippen LogP contribution in [0.15, 0.2) is 36.5 Å². The molecule has 4 heteroatoms. The predicted octanol–water partition coefficient (Wildman–Crippen LogP) is 2.09. The van der Waals surface area contributed by atoms with Crippen LogP contribution in [0.4, 0.5) is 5.69 Å². The maximum absolute atomic E-state index is 5.87. The lowest BCUT2D eigenvalue weighted by molar-refractivity contribution is 0.184. The van der Waals surface area contributed by atoms with Gasteiger partial charge < -0.3 is 10.6 Å². The summed E-state index contributed by atoms with van der Waals surface area (Å²) in [6.45, 7) is 7.28. The summed E-state index contributed by atoms with van der Waals surface area (Å²) in [5.74, 6) is 0. The Balaban J connectivity index is 1.77. The highest BCUT2D eigenvalue weighted by atomic mass is 15.3. The summed E-state index contributed by atoms with van der Waals surface area (Å²) in [4.78, 5) is 9.46. The lowest BCUT2D eigenvalue weighted by Crippen LogP contribution is -2.52. The predicted molar refractivity (Wildman–Crippen MR) is 88.7 cm³/mol. The van der Waals surface area contributed by atoms with Crippen molar-refractivity contribution in [3.05, 3.63) is 36.5 Å². The normalized spacial score (nSPS) is 18.1. The minimum atomic E-state index is 0.529. The standard InChI is InChI=1S/C17H24N4/c1-2-14(13-18)20-9-11-21(12-10-20)17-7-8-19-16-6-4-3-5-15(16)17/h3-8,14H,2,9-13,18H2,1H3. The van der Waals surface area contributed by atoms with Gasteiger partial charge in [0.05, 0.1) is 5.52 Å². The second-order valence-corrected chi connectivity index (χ2v) is 5.67. The van der Waals surface area contributed by atoms with Gasteiger partial charge in [-0.05, 0) is 18.6 Å². The molecule has 4 nitrogen and oxygen atoms in total. The van der Waals surface area contributed by atoms with Crippen molar-refractivity contribution in [1.82, 2.24) is 9.88 Å². The summed E-state index contributed by atoms with van der Waals surface area (Å²) in [6, 6.07) is 11.0. The zero-order valence-corrected chi connectivity index (χ0v) is 12.7. The average Bonchev–Trinajstić information content (AvgIpc) is 2.56. The fraction of sp³-hybridized carbons (Fsp3) is 0.471. The molecular weight excluding hydrogens is 260 g/mol. The van der Waals surface area contributed by atoms with Gasteiger partial charge in [-0.3, -0.25) is 9.88 Å². The highest BCUT2D eigenvalue weighted by molar-refractivity contribution is 5.91. The molecule has 1 aliphatic rings. The van der Waals surface area contributed by atoms with Crippen molar-refractivity contribution < 1.29 is 0 Å². The van der Waals surface area contributed by atoms with Crippen LogP contribution in [0.1, 0.15) is 13.3 Å². The molecule has 0 bridgehead atoms. The average molecular weight is 284 g/mol. The number of rotatable bonds is 4. The Bertz CT molecular complexity index is 581. The van der Waals surface area contributed by atoms with E-state index in [1.54, 1.807) is 0 Å². The lowest BCUT2D eigenvalue weighted by atomic mass is 10.1. The summed E-state index contributed by atoms with van der Waals surface area (Å²) in [6.07, 6.45) is 3.05. The molecule has 112 valence electrons. The van der Waals surface area contributed by atoms with Gasteiger partial charge in [-0.2, -0.15) is 0 Å². The Morgan fingerprint density at radius 3 is 2.62 bits per heavy atom. The van der Waals surface area contributed by atoms with E-state index in [4.69, 9.17) is 5.73 Å². The first kappa shape index (κ1) is 14.3. The third kappa shape index (κ3) is 2.87. The van der Waals surface area contributed by atoms with Crippen molar-refractivity contribution in [2.45, 2.75) is 19.4 Å². The summed E-state index contributed by atoms with van der Waals surface area (Å²) in [5.41, 5.74) is 8.25. The summed E-state index contributed by atoms with van der Waals surface area (Å²) in [5, 5.41) is 1.25. The van der Waals surface area contributed by atoms with Crippen LogP contribution in [0.2, 0.25) is 0 Å². The van der Waals surface area contributed by atoms with Crippen LogP contribution in [-0.2, 0) is 0 Å². The molecule has 1 atom stereocenters. The van der Waals surface area contributed by atoms with Crippen LogP contribution in [0.5, 0.6) is 0 Å². The van der Waals surface area contributed by atoms with E-state index in [0.717, 1.165) is 44.7 Å². The minimum Gasteiger partial charge on any atom is -0.368 e.